The van der Waals surface area contributed by atoms with E-state index >= 15 is 0 Å². The van der Waals surface area contributed by atoms with Gasteiger partial charge < -0.3 is 19.4 Å². The van der Waals surface area contributed by atoms with E-state index in [0.717, 1.165) is 96.3 Å². The number of hydrogen-bond acceptors (Lipinski definition) is 6. The number of rotatable bonds is 48. The van der Waals surface area contributed by atoms with Crippen molar-refractivity contribution < 1.29 is 37.3 Å². The Hall–Kier alpha value is -2.55. The molecule has 3 atom stereocenters. The maximum Gasteiger partial charge on any atom is 0.472 e. The van der Waals surface area contributed by atoms with Crippen molar-refractivity contribution in [1.29, 1.82) is 0 Å². The smallest absolute Gasteiger partial charge is 0.456 e. The van der Waals surface area contributed by atoms with E-state index in [1.165, 1.54) is 89.9 Å². The Morgan fingerprint density at radius 2 is 1.01 bits per heavy atom. The van der Waals surface area contributed by atoms with Gasteiger partial charge in [0.1, 0.15) is 19.3 Å². The van der Waals surface area contributed by atoms with Gasteiger partial charge in [0.2, 0.25) is 5.91 Å². The Morgan fingerprint density at radius 1 is 0.552 bits per heavy atom. The highest BCUT2D eigenvalue weighted by molar-refractivity contribution is 7.47. The summed E-state index contributed by atoms with van der Waals surface area (Å²) in [6.07, 6.45) is 58.9. The van der Waals surface area contributed by atoms with Gasteiger partial charge in [-0.3, -0.25) is 18.6 Å². The van der Waals surface area contributed by atoms with Crippen molar-refractivity contribution in [3.05, 3.63) is 72.9 Å². The van der Waals surface area contributed by atoms with Crippen LogP contribution < -0.4 is 5.32 Å². The van der Waals surface area contributed by atoms with E-state index in [1.54, 1.807) is 0 Å². The number of phosphoric acid groups is 1. The Bertz CT molecular complexity index is 1380. The third-order valence-electron chi connectivity index (χ3n) is 11.7. The van der Waals surface area contributed by atoms with Gasteiger partial charge in [0.05, 0.1) is 33.8 Å². The zero-order valence-electron chi connectivity index (χ0n) is 44.1. The van der Waals surface area contributed by atoms with Gasteiger partial charge in [0.25, 0.3) is 0 Å². The van der Waals surface area contributed by atoms with E-state index in [4.69, 9.17) is 13.8 Å². The number of carbonyl (C=O) groups excluding carboxylic acids is 2. The lowest BCUT2D eigenvalue weighted by Gasteiger charge is -2.27. The Kier molecular flexibility index (Phi) is 45.3. The van der Waals surface area contributed by atoms with Crippen molar-refractivity contribution >= 4 is 19.7 Å². The molecule has 0 aliphatic rings. The monoisotopic (exact) mass is 960 g/mol. The molecular formula is C57H104N2O7P+. The van der Waals surface area contributed by atoms with Crippen LogP contribution in [0.4, 0.5) is 0 Å². The second kappa shape index (κ2) is 47.1. The molecule has 0 spiro atoms. The number of carbonyl (C=O) groups is 2. The molecule has 9 nitrogen and oxygen atoms in total. The minimum atomic E-state index is -4.45. The van der Waals surface area contributed by atoms with E-state index in [9.17, 15) is 19.0 Å². The van der Waals surface area contributed by atoms with Crippen LogP contribution in [0.25, 0.3) is 0 Å². The van der Waals surface area contributed by atoms with Crippen LogP contribution >= 0.6 is 7.82 Å². The summed E-state index contributed by atoms with van der Waals surface area (Å²) < 4.78 is 30.5. The minimum absolute atomic E-state index is 0.0323. The summed E-state index contributed by atoms with van der Waals surface area (Å²) in [6, 6.07) is -0.861. The molecule has 388 valence electrons. The van der Waals surface area contributed by atoms with Crippen LogP contribution in [-0.2, 0) is 27.9 Å². The number of nitrogens with one attached hydrogen (secondary N) is 1. The maximum atomic E-state index is 13.5. The highest BCUT2D eigenvalue weighted by atomic mass is 31.2. The average Bonchev–Trinajstić information content (AvgIpc) is 3.28. The molecule has 67 heavy (non-hydrogen) atoms. The van der Waals surface area contributed by atoms with Crippen LogP contribution in [0.3, 0.4) is 0 Å². The molecule has 0 saturated heterocycles. The fourth-order valence-electron chi connectivity index (χ4n) is 7.44. The Morgan fingerprint density at radius 3 is 1.57 bits per heavy atom. The van der Waals surface area contributed by atoms with Crippen LogP contribution in [0.5, 0.6) is 0 Å². The quantitative estimate of drug-likeness (QED) is 0.0156. The molecule has 0 bridgehead atoms. The average molecular weight is 960 g/mol. The van der Waals surface area contributed by atoms with Crippen molar-refractivity contribution in [3.8, 4) is 0 Å². The number of ether oxygens (including phenoxy) is 1. The molecule has 1 amide bonds. The van der Waals surface area contributed by atoms with Gasteiger partial charge in [-0.1, -0.05) is 203 Å². The summed E-state index contributed by atoms with van der Waals surface area (Å²) in [5.74, 6) is -0.543. The zero-order valence-corrected chi connectivity index (χ0v) is 45.0. The van der Waals surface area contributed by atoms with Crippen LogP contribution in [0.1, 0.15) is 226 Å². The van der Waals surface area contributed by atoms with E-state index in [1.807, 2.05) is 33.3 Å². The summed E-state index contributed by atoms with van der Waals surface area (Å²) in [5.41, 5.74) is 0. The molecule has 10 heteroatoms. The summed E-state index contributed by atoms with van der Waals surface area (Å²) >= 11 is 0. The third-order valence-corrected chi connectivity index (χ3v) is 12.7. The number of unbranched alkanes of at least 4 members (excludes halogenated alkanes) is 24. The van der Waals surface area contributed by atoms with Gasteiger partial charge >= 0.3 is 13.8 Å². The number of esters is 1. The van der Waals surface area contributed by atoms with Gasteiger partial charge in [-0.2, -0.15) is 0 Å². The molecule has 0 aromatic carbocycles. The van der Waals surface area contributed by atoms with Crippen LogP contribution in [0, 0.1) is 0 Å². The zero-order chi connectivity index (χ0) is 49.4. The molecule has 3 unspecified atom stereocenters. The molecule has 0 heterocycles. The number of amides is 1. The topological polar surface area (TPSA) is 111 Å². The van der Waals surface area contributed by atoms with Crippen molar-refractivity contribution in [2.45, 2.75) is 238 Å². The molecule has 0 aromatic rings. The Labute approximate surface area is 413 Å². The molecule has 0 saturated carbocycles. The molecular weight excluding hydrogens is 856 g/mol. The van der Waals surface area contributed by atoms with E-state index in [2.05, 4.69) is 86.8 Å². The maximum absolute atomic E-state index is 13.5. The second-order valence-corrected chi connectivity index (χ2v) is 20.9. The second-order valence-electron chi connectivity index (χ2n) is 19.4. The highest BCUT2D eigenvalue weighted by Crippen LogP contribution is 2.43. The fraction of sp³-hybridized carbons (Fsp3) is 0.754. The number of nitrogens with zero attached hydrogens (tertiary/aromatic N) is 1. The number of likely N-dealkylation sites (N-methyl/N-ethyl adjacent to an activating group) is 1. The van der Waals surface area contributed by atoms with Gasteiger partial charge in [-0.05, 0) is 83.1 Å². The SMILES string of the molecule is CC/C=C/C=C/C=C\CCCCCCCC(=O)OC(/C=C\CCCCCCCCCCC)C(COP(=O)(O)OCC[N+](C)(C)C)NC(=O)CCCCCCCCC/C=C\C/C=C\CCCCC. The molecule has 0 aromatic heterocycles. The van der Waals surface area contributed by atoms with Gasteiger partial charge in [-0.25, -0.2) is 4.57 Å². The largest absolute Gasteiger partial charge is 0.472 e. The van der Waals surface area contributed by atoms with E-state index in [-0.39, 0.29) is 31.5 Å². The first kappa shape index (κ1) is 64.5. The number of allylic oxidation sites excluding steroid dienone is 11. The van der Waals surface area contributed by atoms with Crippen molar-refractivity contribution in [1.82, 2.24) is 5.32 Å². The predicted octanol–water partition coefficient (Wildman–Crippen LogP) is 16.1. The first-order valence-electron chi connectivity index (χ1n) is 27.3. The lowest BCUT2D eigenvalue weighted by molar-refractivity contribution is -0.870. The lowest BCUT2D eigenvalue weighted by atomic mass is 10.1. The molecule has 0 radical (unpaired) electrons. The van der Waals surface area contributed by atoms with Crippen molar-refractivity contribution in [3.63, 3.8) is 0 Å². The van der Waals surface area contributed by atoms with Crippen molar-refractivity contribution in [2.24, 2.45) is 0 Å². The lowest BCUT2D eigenvalue weighted by Crippen LogP contribution is -2.47. The molecule has 0 aliphatic heterocycles. The van der Waals surface area contributed by atoms with E-state index in [0.29, 0.717) is 23.9 Å². The first-order valence-corrected chi connectivity index (χ1v) is 28.8. The number of quaternary nitrogens is 1. The van der Waals surface area contributed by atoms with Crippen molar-refractivity contribution in [2.75, 3.05) is 40.9 Å². The molecule has 0 rings (SSSR count). The minimum Gasteiger partial charge on any atom is -0.456 e. The Balaban J connectivity index is 5.39. The van der Waals surface area contributed by atoms with E-state index < -0.39 is 20.0 Å². The van der Waals surface area contributed by atoms with Crippen LogP contribution in [-0.4, -0.2) is 74.3 Å². The summed E-state index contributed by atoms with van der Waals surface area (Å²) in [4.78, 5) is 37.5. The standard InChI is InChI=1S/C57H103N2O7P/c1-7-10-13-16-19-22-25-27-28-29-30-32-34-37-40-43-46-49-56(60)58-54(53-65-67(62,63)64-52-51-59(4,5)6)55(48-45-42-39-36-33-24-21-18-15-12-9-3)66-57(61)50-47-44-41-38-35-31-26-23-20-17-14-11-8-2/h11,14,17,19-20,22-23,26-28,45,48,54-55H,7-10,12-13,15-16,18,21,24-25,29-44,46-47,49-53H2,1-6H3,(H-,58,60,62,63)/p+1/b14-11+,20-17+,22-19-,26-23-,28-27-,48-45-. The van der Waals surface area contributed by atoms with Gasteiger partial charge in [0.15, 0.2) is 0 Å². The number of hydrogen-bond donors (Lipinski definition) is 2. The molecule has 0 fully saturated rings. The summed E-state index contributed by atoms with van der Waals surface area (Å²) in [5, 5.41) is 3.03. The number of phosphoric ester groups is 1. The summed E-state index contributed by atoms with van der Waals surface area (Å²) in [6.45, 7) is 6.81. The fourth-order valence-corrected chi connectivity index (χ4v) is 8.17. The van der Waals surface area contributed by atoms with Gasteiger partial charge in [0, 0.05) is 12.8 Å². The normalized spacial score (nSPS) is 14.4. The summed E-state index contributed by atoms with van der Waals surface area (Å²) in [7, 11) is 1.47. The first-order chi connectivity index (χ1) is 32.4. The highest BCUT2D eigenvalue weighted by Gasteiger charge is 2.30. The third kappa shape index (κ3) is 48.3. The van der Waals surface area contributed by atoms with Crippen LogP contribution in [0.2, 0.25) is 0 Å². The van der Waals surface area contributed by atoms with Gasteiger partial charge in [-0.15, -0.1) is 0 Å². The van der Waals surface area contributed by atoms with Crippen LogP contribution in [0.15, 0.2) is 72.9 Å². The predicted molar refractivity (Wildman–Crippen MR) is 286 cm³/mol. The molecule has 0 aliphatic carbocycles. The molecule has 2 N–H and O–H groups in total.